The van der Waals surface area contributed by atoms with Crippen LogP contribution in [0.3, 0.4) is 0 Å². The lowest BCUT2D eigenvalue weighted by atomic mass is 10.2. The highest BCUT2D eigenvalue weighted by atomic mass is 32.2. The van der Waals surface area contributed by atoms with Crippen LogP contribution in [0.15, 0.2) is 47.4 Å². The molecule has 1 N–H and O–H groups in total. The third kappa shape index (κ3) is 4.49. The van der Waals surface area contributed by atoms with E-state index < -0.39 is 18.0 Å². The summed E-state index contributed by atoms with van der Waals surface area (Å²) in [5.41, 5.74) is 1.65. The largest absolute Gasteiger partial charge is 0.454 e. The Kier molecular flexibility index (Phi) is 5.68. The lowest BCUT2D eigenvalue weighted by molar-refractivity contribution is -0.150. The molecular weight excluding hydrogens is 354 g/mol. The SMILES string of the molecule is Cc1ccccc1SCC(=O)O[C@H](C)C(=O)Nc1ccc2c(c1)OCO2. The minimum absolute atomic E-state index is 0.145. The first-order valence-electron chi connectivity index (χ1n) is 8.11. The van der Waals surface area contributed by atoms with E-state index in [2.05, 4.69) is 5.32 Å². The van der Waals surface area contributed by atoms with Crippen LogP contribution in [-0.2, 0) is 14.3 Å². The Morgan fingerprint density at radius 2 is 1.96 bits per heavy atom. The van der Waals surface area contributed by atoms with Crippen molar-refractivity contribution in [1.29, 1.82) is 0 Å². The molecule has 6 nitrogen and oxygen atoms in total. The number of aryl methyl sites for hydroxylation is 1. The number of thioether (sulfide) groups is 1. The minimum atomic E-state index is -0.898. The van der Waals surface area contributed by atoms with Gasteiger partial charge in [-0.2, -0.15) is 0 Å². The van der Waals surface area contributed by atoms with E-state index in [1.54, 1.807) is 25.1 Å². The van der Waals surface area contributed by atoms with Gasteiger partial charge in [-0.15, -0.1) is 11.8 Å². The van der Waals surface area contributed by atoms with Crippen molar-refractivity contribution < 1.29 is 23.8 Å². The summed E-state index contributed by atoms with van der Waals surface area (Å²) in [6.45, 7) is 3.69. The van der Waals surface area contributed by atoms with Crippen molar-refractivity contribution in [2.75, 3.05) is 17.9 Å². The molecule has 0 saturated heterocycles. The van der Waals surface area contributed by atoms with Crippen molar-refractivity contribution in [3.8, 4) is 11.5 Å². The van der Waals surface area contributed by atoms with E-state index in [0.29, 0.717) is 17.2 Å². The van der Waals surface area contributed by atoms with Gasteiger partial charge in [0.25, 0.3) is 5.91 Å². The summed E-state index contributed by atoms with van der Waals surface area (Å²) in [4.78, 5) is 25.2. The number of carbonyl (C=O) groups is 2. The quantitative estimate of drug-likeness (QED) is 0.618. The molecule has 0 aliphatic carbocycles. The highest BCUT2D eigenvalue weighted by Crippen LogP contribution is 2.34. The first-order chi connectivity index (χ1) is 12.5. The number of amides is 1. The first kappa shape index (κ1) is 18.1. The van der Waals surface area contributed by atoms with Crippen LogP contribution in [0.25, 0.3) is 0 Å². The van der Waals surface area contributed by atoms with Crippen LogP contribution >= 0.6 is 11.8 Å². The Morgan fingerprint density at radius 1 is 1.19 bits per heavy atom. The molecule has 0 spiro atoms. The zero-order chi connectivity index (χ0) is 18.5. The number of esters is 1. The second-order valence-electron chi connectivity index (χ2n) is 5.74. The average molecular weight is 373 g/mol. The van der Waals surface area contributed by atoms with Crippen LogP contribution in [0, 0.1) is 6.92 Å². The van der Waals surface area contributed by atoms with Crippen molar-refractivity contribution in [3.05, 3.63) is 48.0 Å². The van der Waals surface area contributed by atoms with Gasteiger partial charge in [0.05, 0.1) is 5.75 Å². The van der Waals surface area contributed by atoms with Crippen molar-refractivity contribution in [3.63, 3.8) is 0 Å². The molecule has 0 saturated carbocycles. The van der Waals surface area contributed by atoms with Crippen molar-refractivity contribution >= 4 is 29.3 Å². The molecule has 1 heterocycles. The monoisotopic (exact) mass is 373 g/mol. The van der Waals surface area contributed by atoms with E-state index in [0.717, 1.165) is 10.5 Å². The van der Waals surface area contributed by atoms with E-state index in [-0.39, 0.29) is 12.5 Å². The van der Waals surface area contributed by atoms with Gasteiger partial charge >= 0.3 is 5.97 Å². The number of hydrogen-bond donors (Lipinski definition) is 1. The van der Waals surface area contributed by atoms with Crippen LogP contribution in [0.5, 0.6) is 11.5 Å². The predicted octanol–water partition coefficient (Wildman–Crippen LogP) is 3.39. The van der Waals surface area contributed by atoms with E-state index in [4.69, 9.17) is 14.2 Å². The predicted molar refractivity (Wildman–Crippen MR) is 98.7 cm³/mol. The number of benzene rings is 2. The van der Waals surface area contributed by atoms with Crippen molar-refractivity contribution in [1.82, 2.24) is 0 Å². The summed E-state index contributed by atoms with van der Waals surface area (Å²) in [5.74, 6) is 0.509. The van der Waals surface area contributed by atoms with Crippen LogP contribution < -0.4 is 14.8 Å². The van der Waals surface area contributed by atoms with Gasteiger partial charge < -0.3 is 19.5 Å². The lowest BCUT2D eigenvalue weighted by Gasteiger charge is -2.14. The number of fused-ring (bicyclic) bond motifs is 1. The number of hydrogen-bond acceptors (Lipinski definition) is 6. The fourth-order valence-electron chi connectivity index (χ4n) is 2.36. The molecule has 0 fully saturated rings. The number of rotatable bonds is 6. The normalized spacial score (nSPS) is 13.2. The molecule has 1 aliphatic rings. The summed E-state index contributed by atoms with van der Waals surface area (Å²) >= 11 is 1.39. The number of anilines is 1. The van der Waals surface area contributed by atoms with Crippen LogP contribution in [0.1, 0.15) is 12.5 Å². The Labute approximate surface area is 155 Å². The van der Waals surface area contributed by atoms with Gasteiger partial charge in [0.1, 0.15) is 0 Å². The lowest BCUT2D eigenvalue weighted by Crippen LogP contribution is -2.30. The van der Waals surface area contributed by atoms with Gasteiger partial charge in [-0.3, -0.25) is 9.59 Å². The van der Waals surface area contributed by atoms with Crippen molar-refractivity contribution in [2.45, 2.75) is 24.8 Å². The molecule has 0 radical (unpaired) electrons. The number of nitrogens with one attached hydrogen (secondary N) is 1. The molecule has 2 aromatic carbocycles. The molecular formula is C19H19NO5S. The molecule has 0 aromatic heterocycles. The maximum Gasteiger partial charge on any atom is 0.317 e. The molecule has 0 unspecified atom stereocenters. The maximum atomic E-state index is 12.2. The molecule has 0 bridgehead atoms. The van der Waals surface area contributed by atoms with Gasteiger partial charge in [-0.1, -0.05) is 18.2 Å². The van der Waals surface area contributed by atoms with E-state index in [1.165, 1.54) is 11.8 Å². The topological polar surface area (TPSA) is 73.9 Å². The Hall–Kier alpha value is -2.67. The standard InChI is InChI=1S/C19H19NO5S/c1-12-5-3-4-6-17(12)26-10-18(21)25-13(2)19(22)20-14-7-8-15-16(9-14)24-11-23-15/h3-9,13H,10-11H2,1-2H3,(H,20,22)/t13-/m1/s1. The van der Waals surface area contributed by atoms with Gasteiger partial charge in [0, 0.05) is 16.6 Å². The molecule has 1 aliphatic heterocycles. The van der Waals surface area contributed by atoms with Gasteiger partial charge in [-0.25, -0.2) is 0 Å². The molecule has 7 heteroatoms. The third-order valence-corrected chi connectivity index (χ3v) is 4.91. The summed E-state index contributed by atoms with van der Waals surface area (Å²) in [6, 6.07) is 12.9. The molecule has 1 amide bonds. The van der Waals surface area contributed by atoms with Gasteiger partial charge in [-0.05, 0) is 37.6 Å². The average Bonchev–Trinajstić information content (AvgIpc) is 3.08. The Morgan fingerprint density at radius 3 is 2.77 bits per heavy atom. The Balaban J connectivity index is 1.49. The molecule has 26 heavy (non-hydrogen) atoms. The van der Waals surface area contributed by atoms with Gasteiger partial charge in [0.2, 0.25) is 6.79 Å². The molecule has 136 valence electrons. The molecule has 3 rings (SSSR count). The number of carbonyl (C=O) groups excluding carboxylic acids is 2. The highest BCUT2D eigenvalue weighted by molar-refractivity contribution is 8.00. The summed E-state index contributed by atoms with van der Waals surface area (Å²) in [6.07, 6.45) is -0.898. The smallest absolute Gasteiger partial charge is 0.317 e. The summed E-state index contributed by atoms with van der Waals surface area (Å²) in [7, 11) is 0. The zero-order valence-electron chi connectivity index (χ0n) is 14.5. The second-order valence-corrected chi connectivity index (χ2v) is 6.76. The maximum absolute atomic E-state index is 12.2. The van der Waals surface area contributed by atoms with Crippen LogP contribution in [0.4, 0.5) is 5.69 Å². The summed E-state index contributed by atoms with van der Waals surface area (Å²) < 4.78 is 15.7. The molecule has 2 aromatic rings. The zero-order valence-corrected chi connectivity index (χ0v) is 15.3. The van der Waals surface area contributed by atoms with Crippen molar-refractivity contribution in [2.24, 2.45) is 0 Å². The van der Waals surface area contributed by atoms with Crippen LogP contribution in [-0.4, -0.2) is 30.5 Å². The third-order valence-electron chi connectivity index (χ3n) is 3.76. The first-order valence-corrected chi connectivity index (χ1v) is 9.10. The fourth-order valence-corrected chi connectivity index (χ4v) is 3.17. The fraction of sp³-hybridized carbons (Fsp3) is 0.263. The van der Waals surface area contributed by atoms with E-state index >= 15 is 0 Å². The van der Waals surface area contributed by atoms with E-state index in [9.17, 15) is 9.59 Å². The Bertz CT molecular complexity index is 823. The van der Waals surface area contributed by atoms with E-state index in [1.807, 2.05) is 31.2 Å². The highest BCUT2D eigenvalue weighted by Gasteiger charge is 2.20. The van der Waals surface area contributed by atoms with Crippen LogP contribution in [0.2, 0.25) is 0 Å². The minimum Gasteiger partial charge on any atom is -0.454 e. The number of ether oxygens (including phenoxy) is 3. The second kappa shape index (κ2) is 8.14. The van der Waals surface area contributed by atoms with Gasteiger partial charge in [0.15, 0.2) is 17.6 Å². The molecule has 1 atom stereocenters. The summed E-state index contributed by atoms with van der Waals surface area (Å²) in [5, 5.41) is 2.70.